The molecule has 2 rings (SSSR count). The van der Waals surface area contributed by atoms with Crippen LogP contribution in [0.2, 0.25) is 0 Å². The number of nitrogens with zero attached hydrogens (tertiary/aromatic N) is 3. The van der Waals surface area contributed by atoms with Gasteiger partial charge in [0.2, 0.25) is 5.91 Å². The van der Waals surface area contributed by atoms with Crippen molar-refractivity contribution in [2.45, 2.75) is 70.6 Å². The summed E-state index contributed by atoms with van der Waals surface area (Å²) < 4.78 is 0. The van der Waals surface area contributed by atoms with E-state index in [4.69, 9.17) is 0 Å². The molecule has 2 atom stereocenters. The van der Waals surface area contributed by atoms with Crippen molar-refractivity contribution < 1.29 is 9.90 Å². The molecule has 1 aromatic rings. The second kappa shape index (κ2) is 8.76. The molecular weight excluding hydrogens is 310 g/mol. The van der Waals surface area contributed by atoms with Crippen molar-refractivity contribution >= 4 is 22.4 Å². The molecular formula is C17H29N3O2S. The Morgan fingerprint density at radius 1 is 1.39 bits per heavy atom. The highest BCUT2D eigenvalue weighted by Gasteiger charge is 2.32. The van der Waals surface area contributed by atoms with Gasteiger partial charge in [0.15, 0.2) is 5.13 Å². The summed E-state index contributed by atoms with van der Waals surface area (Å²) in [7, 11) is 1.95. The lowest BCUT2D eigenvalue weighted by Crippen LogP contribution is -2.51. The van der Waals surface area contributed by atoms with Gasteiger partial charge in [-0.1, -0.05) is 19.3 Å². The van der Waals surface area contributed by atoms with Gasteiger partial charge in [0, 0.05) is 24.2 Å². The van der Waals surface area contributed by atoms with Crippen molar-refractivity contribution in [3.63, 3.8) is 0 Å². The molecule has 1 aromatic heterocycles. The number of anilines is 1. The molecule has 0 aliphatic heterocycles. The number of aliphatic hydroxyl groups excluding tert-OH is 1. The Hall–Kier alpha value is -0.980. The highest BCUT2D eigenvalue weighted by Crippen LogP contribution is 2.29. The lowest BCUT2D eigenvalue weighted by atomic mass is 9.94. The third kappa shape index (κ3) is 4.99. The molecule has 1 saturated carbocycles. The molecule has 1 aliphatic rings. The van der Waals surface area contributed by atoms with Crippen molar-refractivity contribution in [2.75, 3.05) is 18.5 Å². The minimum atomic E-state index is -0.340. The van der Waals surface area contributed by atoms with Crippen LogP contribution in [0.5, 0.6) is 0 Å². The first-order valence-electron chi connectivity index (χ1n) is 8.61. The minimum Gasteiger partial charge on any atom is -0.393 e. The quantitative estimate of drug-likeness (QED) is 0.830. The summed E-state index contributed by atoms with van der Waals surface area (Å²) in [6.07, 6.45) is 7.87. The van der Waals surface area contributed by atoms with E-state index in [9.17, 15) is 9.90 Å². The van der Waals surface area contributed by atoms with Crippen LogP contribution in [0, 0.1) is 0 Å². The van der Waals surface area contributed by atoms with E-state index in [0.29, 0.717) is 13.0 Å². The Morgan fingerprint density at radius 3 is 2.65 bits per heavy atom. The SMILES string of the molecule is CC(O)CCN(C)C(C)C(=O)N(c1nccs1)C1CCCCC1. The number of carbonyl (C=O) groups excluding carboxylic acids is 1. The Bertz CT molecular complexity index is 472. The highest BCUT2D eigenvalue weighted by molar-refractivity contribution is 7.13. The molecule has 0 bridgehead atoms. The third-order valence-corrected chi connectivity index (χ3v) is 5.49. The molecule has 0 radical (unpaired) electrons. The summed E-state index contributed by atoms with van der Waals surface area (Å²) in [6.45, 7) is 4.44. The maximum absolute atomic E-state index is 13.1. The number of amides is 1. The van der Waals surface area contributed by atoms with Crippen LogP contribution in [0.1, 0.15) is 52.4 Å². The van der Waals surface area contributed by atoms with Gasteiger partial charge in [0.25, 0.3) is 0 Å². The van der Waals surface area contributed by atoms with Crippen molar-refractivity contribution in [1.82, 2.24) is 9.88 Å². The van der Waals surface area contributed by atoms with E-state index in [1.54, 1.807) is 13.1 Å². The molecule has 1 amide bonds. The Morgan fingerprint density at radius 2 is 2.09 bits per heavy atom. The molecule has 0 spiro atoms. The van der Waals surface area contributed by atoms with Crippen LogP contribution in [0.4, 0.5) is 5.13 Å². The first-order chi connectivity index (χ1) is 11.0. The largest absolute Gasteiger partial charge is 0.393 e. The van der Waals surface area contributed by atoms with Gasteiger partial charge in [-0.15, -0.1) is 11.3 Å². The number of rotatable bonds is 7. The molecule has 23 heavy (non-hydrogen) atoms. The topological polar surface area (TPSA) is 56.7 Å². The fourth-order valence-electron chi connectivity index (χ4n) is 3.08. The Labute approximate surface area is 143 Å². The smallest absolute Gasteiger partial charge is 0.246 e. The molecule has 1 fully saturated rings. The second-order valence-electron chi connectivity index (χ2n) is 6.61. The summed E-state index contributed by atoms with van der Waals surface area (Å²) in [4.78, 5) is 21.5. The van der Waals surface area contributed by atoms with Gasteiger partial charge < -0.3 is 5.11 Å². The predicted molar refractivity (Wildman–Crippen MR) is 94.9 cm³/mol. The first-order valence-corrected chi connectivity index (χ1v) is 9.49. The van der Waals surface area contributed by atoms with E-state index < -0.39 is 0 Å². The van der Waals surface area contributed by atoms with E-state index in [2.05, 4.69) is 4.98 Å². The number of aromatic nitrogens is 1. The lowest BCUT2D eigenvalue weighted by molar-refractivity contribution is -0.123. The molecule has 1 aliphatic carbocycles. The van der Waals surface area contributed by atoms with E-state index >= 15 is 0 Å². The number of thiazole rings is 1. The zero-order valence-corrected chi connectivity index (χ0v) is 15.3. The second-order valence-corrected chi connectivity index (χ2v) is 7.48. The van der Waals surface area contributed by atoms with Gasteiger partial charge in [0.1, 0.15) is 0 Å². The normalized spacial score (nSPS) is 18.8. The van der Waals surface area contributed by atoms with Crippen molar-refractivity contribution in [3.8, 4) is 0 Å². The molecule has 1 N–H and O–H groups in total. The molecule has 0 aromatic carbocycles. The number of aliphatic hydroxyl groups is 1. The summed E-state index contributed by atoms with van der Waals surface area (Å²) in [5.41, 5.74) is 0. The number of likely N-dealkylation sites (N-methyl/N-ethyl adjacent to an activating group) is 1. The van der Waals surface area contributed by atoms with Gasteiger partial charge in [0.05, 0.1) is 12.1 Å². The zero-order valence-electron chi connectivity index (χ0n) is 14.4. The molecule has 6 heteroatoms. The Balaban J connectivity index is 2.09. The monoisotopic (exact) mass is 339 g/mol. The van der Waals surface area contributed by atoms with E-state index in [-0.39, 0.29) is 24.1 Å². The van der Waals surface area contributed by atoms with Crippen molar-refractivity contribution in [2.24, 2.45) is 0 Å². The van der Waals surface area contributed by atoms with Crippen molar-refractivity contribution in [3.05, 3.63) is 11.6 Å². The summed E-state index contributed by atoms with van der Waals surface area (Å²) in [6, 6.07) is 0.0644. The standard InChI is InChI=1S/C17H29N3O2S/c1-13(21)9-11-19(3)14(2)16(22)20(17-18-10-12-23-17)15-7-5-4-6-8-15/h10,12-15,21H,4-9,11H2,1-3H3. The van der Waals surface area contributed by atoms with Crippen molar-refractivity contribution in [1.29, 1.82) is 0 Å². The van der Waals surface area contributed by atoms with E-state index in [0.717, 1.165) is 18.0 Å². The number of carbonyl (C=O) groups is 1. The van der Waals surface area contributed by atoms with Gasteiger partial charge >= 0.3 is 0 Å². The summed E-state index contributed by atoms with van der Waals surface area (Å²) in [5.74, 6) is 0.125. The van der Waals surface area contributed by atoms with E-state index in [1.165, 1.54) is 30.6 Å². The maximum atomic E-state index is 13.1. The van der Waals surface area contributed by atoms with Crippen LogP contribution in [0.3, 0.4) is 0 Å². The van der Waals surface area contributed by atoms with Crippen LogP contribution < -0.4 is 4.90 Å². The minimum absolute atomic E-state index is 0.125. The van der Waals surface area contributed by atoms with Gasteiger partial charge in [-0.3, -0.25) is 14.6 Å². The molecule has 1 heterocycles. The summed E-state index contributed by atoms with van der Waals surface area (Å²) in [5, 5.41) is 12.2. The maximum Gasteiger partial charge on any atom is 0.246 e. The van der Waals surface area contributed by atoms with Crippen LogP contribution in [0.15, 0.2) is 11.6 Å². The molecule has 0 saturated heterocycles. The fraction of sp³-hybridized carbons (Fsp3) is 0.765. The van der Waals surface area contributed by atoms with E-state index in [1.807, 2.05) is 29.2 Å². The zero-order chi connectivity index (χ0) is 16.8. The van der Waals surface area contributed by atoms with Gasteiger partial charge in [-0.05, 0) is 40.2 Å². The lowest BCUT2D eigenvalue weighted by Gasteiger charge is -2.36. The fourth-order valence-corrected chi connectivity index (χ4v) is 3.80. The van der Waals surface area contributed by atoms with Crippen LogP contribution >= 0.6 is 11.3 Å². The Kier molecular flexibility index (Phi) is 6.99. The predicted octanol–water partition coefficient (Wildman–Crippen LogP) is 2.90. The number of hydrogen-bond acceptors (Lipinski definition) is 5. The van der Waals surface area contributed by atoms with Gasteiger partial charge in [-0.2, -0.15) is 0 Å². The third-order valence-electron chi connectivity index (χ3n) is 4.72. The molecule has 5 nitrogen and oxygen atoms in total. The average Bonchev–Trinajstić information content (AvgIpc) is 3.07. The highest BCUT2D eigenvalue weighted by atomic mass is 32.1. The van der Waals surface area contributed by atoms with Crippen LogP contribution in [0.25, 0.3) is 0 Å². The first kappa shape index (κ1) is 18.4. The molecule has 2 unspecified atom stereocenters. The molecule has 130 valence electrons. The average molecular weight is 340 g/mol. The van der Waals surface area contributed by atoms with Gasteiger partial charge in [-0.25, -0.2) is 4.98 Å². The van der Waals surface area contributed by atoms with Crippen LogP contribution in [-0.4, -0.2) is 52.7 Å². The van der Waals surface area contributed by atoms with Crippen LogP contribution in [-0.2, 0) is 4.79 Å². The summed E-state index contributed by atoms with van der Waals surface area (Å²) >= 11 is 1.54. The number of hydrogen-bond donors (Lipinski definition) is 1.